The van der Waals surface area contributed by atoms with Crippen molar-refractivity contribution in [2.24, 2.45) is 7.05 Å². The molecule has 0 amide bonds. The first-order valence-electron chi connectivity index (χ1n) is 8.28. The lowest BCUT2D eigenvalue weighted by Gasteiger charge is -2.10. The maximum absolute atomic E-state index is 11.5. The van der Waals surface area contributed by atoms with Crippen molar-refractivity contribution >= 4 is 34.8 Å². The van der Waals surface area contributed by atoms with E-state index in [9.17, 15) is 4.79 Å². The van der Waals surface area contributed by atoms with Crippen LogP contribution in [-0.4, -0.2) is 25.5 Å². The Morgan fingerprint density at radius 1 is 1.33 bits per heavy atom. The van der Waals surface area contributed by atoms with Gasteiger partial charge in [0, 0.05) is 26.2 Å². The van der Waals surface area contributed by atoms with E-state index in [1.807, 2.05) is 37.5 Å². The lowest BCUT2D eigenvalue weighted by Crippen LogP contribution is -2.06. The third kappa shape index (κ3) is 5.15. The van der Waals surface area contributed by atoms with Gasteiger partial charge in [-0.25, -0.2) is 4.98 Å². The Kier molecular flexibility index (Phi) is 5.83. The Labute approximate surface area is 162 Å². The molecule has 0 atom stereocenters. The van der Waals surface area contributed by atoms with Crippen molar-refractivity contribution in [3.63, 3.8) is 0 Å². The molecule has 8 heteroatoms. The minimum Gasteiger partial charge on any atom is -0.365 e. The first-order chi connectivity index (χ1) is 13.0. The van der Waals surface area contributed by atoms with Gasteiger partial charge in [-0.2, -0.15) is 10.1 Å². The van der Waals surface area contributed by atoms with Gasteiger partial charge in [0.1, 0.15) is 5.02 Å². The monoisotopic (exact) mass is 382 g/mol. The van der Waals surface area contributed by atoms with Crippen LogP contribution < -0.4 is 10.6 Å². The molecule has 2 heterocycles. The van der Waals surface area contributed by atoms with E-state index in [4.69, 9.17) is 11.6 Å². The predicted octanol–water partition coefficient (Wildman–Crippen LogP) is 3.52. The Morgan fingerprint density at radius 3 is 2.89 bits per heavy atom. The zero-order valence-electron chi connectivity index (χ0n) is 14.8. The molecule has 0 aliphatic carbocycles. The summed E-state index contributed by atoms with van der Waals surface area (Å²) in [5, 5.41) is 10.8. The van der Waals surface area contributed by atoms with Crippen molar-refractivity contribution in [3.8, 4) is 0 Å². The standard InChI is InChI=1S/C19H19ClN6O/c1-3-16(27)8-13-5-4-6-14(7-13)9-21-18-17(20)11-22-19(25-18)24-15-10-23-26(2)12-15/h3-7,10-12H,1,8-9H2,2H3,(H2,21,22,24,25). The van der Waals surface area contributed by atoms with Gasteiger partial charge < -0.3 is 10.6 Å². The Morgan fingerprint density at radius 2 is 2.15 bits per heavy atom. The smallest absolute Gasteiger partial charge is 0.229 e. The Bertz CT molecular complexity index is 968. The number of nitrogens with zero attached hydrogens (tertiary/aromatic N) is 4. The number of benzene rings is 1. The zero-order valence-corrected chi connectivity index (χ0v) is 15.6. The van der Waals surface area contributed by atoms with Gasteiger partial charge in [0.2, 0.25) is 5.95 Å². The maximum atomic E-state index is 11.5. The van der Waals surface area contributed by atoms with Gasteiger partial charge in [-0.15, -0.1) is 0 Å². The van der Waals surface area contributed by atoms with E-state index in [1.165, 1.54) is 12.3 Å². The molecular formula is C19H19ClN6O. The van der Waals surface area contributed by atoms with Crippen LogP contribution in [0.4, 0.5) is 17.5 Å². The van der Waals surface area contributed by atoms with E-state index < -0.39 is 0 Å². The van der Waals surface area contributed by atoms with Crippen LogP contribution in [0.25, 0.3) is 0 Å². The second-order valence-electron chi connectivity index (χ2n) is 5.94. The fraction of sp³-hybridized carbons (Fsp3) is 0.158. The van der Waals surface area contributed by atoms with Crippen molar-refractivity contribution in [1.29, 1.82) is 0 Å². The molecule has 3 aromatic rings. The van der Waals surface area contributed by atoms with E-state index in [0.717, 1.165) is 16.8 Å². The van der Waals surface area contributed by atoms with Crippen LogP contribution >= 0.6 is 11.6 Å². The van der Waals surface area contributed by atoms with Gasteiger partial charge in [-0.05, 0) is 17.2 Å². The second kappa shape index (κ2) is 8.46. The zero-order chi connectivity index (χ0) is 19.2. The van der Waals surface area contributed by atoms with Gasteiger partial charge in [0.15, 0.2) is 11.6 Å². The molecule has 0 aliphatic rings. The van der Waals surface area contributed by atoms with Crippen LogP contribution in [0, 0.1) is 0 Å². The number of aryl methyl sites for hydroxylation is 1. The molecule has 2 N–H and O–H groups in total. The summed E-state index contributed by atoms with van der Waals surface area (Å²) in [5.41, 5.74) is 2.73. The number of ketones is 1. The molecule has 138 valence electrons. The van der Waals surface area contributed by atoms with Crippen molar-refractivity contribution < 1.29 is 4.79 Å². The molecule has 1 aromatic carbocycles. The first-order valence-corrected chi connectivity index (χ1v) is 8.66. The molecule has 0 spiro atoms. The molecule has 2 aromatic heterocycles. The number of hydrogen-bond acceptors (Lipinski definition) is 6. The normalized spacial score (nSPS) is 10.4. The number of rotatable bonds is 8. The number of halogens is 1. The molecule has 3 rings (SSSR count). The molecule has 0 unspecified atom stereocenters. The average Bonchev–Trinajstić information content (AvgIpc) is 3.07. The van der Waals surface area contributed by atoms with E-state index in [1.54, 1.807) is 10.9 Å². The number of carbonyl (C=O) groups is 1. The highest BCUT2D eigenvalue weighted by Gasteiger charge is 2.07. The maximum Gasteiger partial charge on any atom is 0.229 e. The fourth-order valence-electron chi connectivity index (χ4n) is 2.47. The Hall–Kier alpha value is -3.19. The predicted molar refractivity (Wildman–Crippen MR) is 106 cm³/mol. The molecule has 0 bridgehead atoms. The van der Waals surface area contributed by atoms with Gasteiger partial charge in [-0.3, -0.25) is 9.48 Å². The van der Waals surface area contributed by atoms with Crippen molar-refractivity contribution in [2.75, 3.05) is 10.6 Å². The molecule has 0 radical (unpaired) electrons. The number of allylic oxidation sites excluding steroid dienone is 1. The lowest BCUT2D eigenvalue weighted by molar-refractivity contribution is -0.114. The molecule has 7 nitrogen and oxygen atoms in total. The topological polar surface area (TPSA) is 84.7 Å². The van der Waals surface area contributed by atoms with E-state index in [0.29, 0.717) is 29.8 Å². The van der Waals surface area contributed by atoms with Crippen LogP contribution in [0.2, 0.25) is 5.02 Å². The highest BCUT2D eigenvalue weighted by Crippen LogP contribution is 2.22. The summed E-state index contributed by atoms with van der Waals surface area (Å²) in [6.45, 7) is 4.02. The van der Waals surface area contributed by atoms with Crippen LogP contribution in [-0.2, 0) is 24.8 Å². The number of hydrogen-bond donors (Lipinski definition) is 2. The number of carbonyl (C=O) groups excluding carboxylic acids is 1. The highest BCUT2D eigenvalue weighted by atomic mass is 35.5. The minimum atomic E-state index is -0.00919. The van der Waals surface area contributed by atoms with Crippen LogP contribution in [0.15, 0.2) is 55.5 Å². The van der Waals surface area contributed by atoms with E-state index in [2.05, 4.69) is 32.3 Å². The summed E-state index contributed by atoms with van der Waals surface area (Å²) in [5.74, 6) is 0.927. The third-order valence-electron chi connectivity index (χ3n) is 3.76. The van der Waals surface area contributed by atoms with E-state index in [-0.39, 0.29) is 5.78 Å². The fourth-order valence-corrected chi connectivity index (χ4v) is 2.63. The van der Waals surface area contributed by atoms with Crippen LogP contribution in [0.3, 0.4) is 0 Å². The third-order valence-corrected chi connectivity index (χ3v) is 4.04. The largest absolute Gasteiger partial charge is 0.365 e. The molecule has 0 aliphatic heterocycles. The minimum absolute atomic E-state index is 0.00919. The molecule has 0 saturated heterocycles. The van der Waals surface area contributed by atoms with Gasteiger partial charge in [0.25, 0.3) is 0 Å². The van der Waals surface area contributed by atoms with Crippen LogP contribution in [0.5, 0.6) is 0 Å². The quantitative estimate of drug-likeness (QED) is 0.580. The van der Waals surface area contributed by atoms with Gasteiger partial charge >= 0.3 is 0 Å². The number of anilines is 3. The van der Waals surface area contributed by atoms with Gasteiger partial charge in [-0.1, -0.05) is 42.4 Å². The lowest BCUT2D eigenvalue weighted by atomic mass is 10.1. The molecule has 0 fully saturated rings. The Balaban J connectivity index is 1.68. The summed E-state index contributed by atoms with van der Waals surface area (Å²) < 4.78 is 1.68. The molecule has 0 saturated carbocycles. The highest BCUT2D eigenvalue weighted by molar-refractivity contribution is 6.32. The van der Waals surface area contributed by atoms with Crippen LogP contribution in [0.1, 0.15) is 11.1 Å². The number of aromatic nitrogens is 4. The van der Waals surface area contributed by atoms with Gasteiger partial charge in [0.05, 0.1) is 18.1 Å². The second-order valence-corrected chi connectivity index (χ2v) is 6.35. The van der Waals surface area contributed by atoms with E-state index >= 15 is 0 Å². The SMILES string of the molecule is C=CC(=O)Cc1cccc(CNc2nc(Nc3cnn(C)c3)ncc2Cl)c1. The summed E-state index contributed by atoms with van der Waals surface area (Å²) in [6.07, 6.45) is 6.71. The first kappa shape index (κ1) is 18.6. The average molecular weight is 383 g/mol. The number of nitrogens with one attached hydrogen (secondary N) is 2. The summed E-state index contributed by atoms with van der Waals surface area (Å²) in [7, 11) is 1.83. The molecule has 27 heavy (non-hydrogen) atoms. The summed E-state index contributed by atoms with van der Waals surface area (Å²) in [6, 6.07) is 7.77. The van der Waals surface area contributed by atoms with Crippen molar-refractivity contribution in [1.82, 2.24) is 19.7 Å². The summed E-state index contributed by atoms with van der Waals surface area (Å²) in [4.78, 5) is 20.1. The van der Waals surface area contributed by atoms with Crippen molar-refractivity contribution in [3.05, 3.63) is 71.7 Å². The van der Waals surface area contributed by atoms with Crippen molar-refractivity contribution in [2.45, 2.75) is 13.0 Å². The molecular weight excluding hydrogens is 364 g/mol. The summed E-state index contributed by atoms with van der Waals surface area (Å²) >= 11 is 6.20.